The van der Waals surface area contributed by atoms with E-state index in [9.17, 15) is 4.79 Å². The minimum Gasteiger partial charge on any atom is -0.336 e. The zero-order valence-electron chi connectivity index (χ0n) is 11.9. The highest BCUT2D eigenvalue weighted by Crippen LogP contribution is 2.33. The minimum atomic E-state index is -0.0199. The quantitative estimate of drug-likeness (QED) is 0.738. The van der Waals surface area contributed by atoms with Gasteiger partial charge in [-0.2, -0.15) is 0 Å². The Morgan fingerprint density at radius 2 is 1.90 bits per heavy atom. The van der Waals surface area contributed by atoms with Crippen LogP contribution in [-0.2, 0) is 6.42 Å². The molecule has 0 aliphatic carbocycles. The molecule has 0 radical (unpaired) electrons. The normalized spacial score (nSPS) is 13.7. The van der Waals surface area contributed by atoms with Gasteiger partial charge in [0.25, 0.3) is 5.56 Å². The number of anilines is 2. The molecule has 21 heavy (non-hydrogen) atoms. The Hall–Kier alpha value is -2.55. The third-order valence-corrected chi connectivity index (χ3v) is 4.25. The van der Waals surface area contributed by atoms with Crippen LogP contribution < -0.4 is 10.5 Å². The Balaban J connectivity index is 1.93. The SMILES string of the molecule is Cc1cccc2cc(N3CCc4ccccc43)c(=O)[nH]c12. The third kappa shape index (κ3) is 1.85. The number of pyridine rings is 1. The molecule has 3 aromatic rings. The van der Waals surface area contributed by atoms with Crippen molar-refractivity contribution in [1.29, 1.82) is 0 Å². The molecule has 0 spiro atoms. The number of hydrogen-bond acceptors (Lipinski definition) is 2. The van der Waals surface area contributed by atoms with E-state index in [0.29, 0.717) is 0 Å². The van der Waals surface area contributed by atoms with Gasteiger partial charge in [-0.05, 0) is 36.6 Å². The first-order valence-corrected chi connectivity index (χ1v) is 7.22. The van der Waals surface area contributed by atoms with Gasteiger partial charge in [-0.3, -0.25) is 4.79 Å². The van der Waals surface area contributed by atoms with Crippen molar-refractivity contribution in [2.45, 2.75) is 13.3 Å². The van der Waals surface area contributed by atoms with Crippen LogP contribution in [-0.4, -0.2) is 11.5 Å². The number of H-pyrrole nitrogens is 1. The van der Waals surface area contributed by atoms with Crippen LogP contribution in [0.4, 0.5) is 11.4 Å². The Morgan fingerprint density at radius 1 is 1.05 bits per heavy atom. The van der Waals surface area contributed by atoms with Gasteiger partial charge in [0.2, 0.25) is 0 Å². The maximum atomic E-state index is 12.5. The summed E-state index contributed by atoms with van der Waals surface area (Å²) in [6.45, 7) is 2.88. The molecule has 0 bridgehead atoms. The first kappa shape index (κ1) is 12.2. The van der Waals surface area contributed by atoms with Gasteiger partial charge in [0.05, 0.1) is 5.52 Å². The molecule has 2 aromatic carbocycles. The molecule has 0 amide bonds. The Labute approximate surface area is 122 Å². The number of aryl methyl sites for hydroxylation is 1. The van der Waals surface area contributed by atoms with Crippen LogP contribution in [0.3, 0.4) is 0 Å². The van der Waals surface area contributed by atoms with E-state index in [4.69, 9.17) is 0 Å². The zero-order valence-corrected chi connectivity index (χ0v) is 11.9. The van der Waals surface area contributed by atoms with Crippen molar-refractivity contribution in [3.63, 3.8) is 0 Å². The van der Waals surface area contributed by atoms with Gasteiger partial charge in [-0.25, -0.2) is 0 Å². The highest BCUT2D eigenvalue weighted by molar-refractivity contribution is 5.86. The molecule has 1 aliphatic rings. The Morgan fingerprint density at radius 3 is 2.81 bits per heavy atom. The summed E-state index contributed by atoms with van der Waals surface area (Å²) in [5.41, 5.74) is 5.19. The lowest BCUT2D eigenvalue weighted by Crippen LogP contribution is -2.22. The topological polar surface area (TPSA) is 36.1 Å². The molecule has 0 unspecified atom stereocenters. The molecule has 3 heteroatoms. The van der Waals surface area contributed by atoms with Gasteiger partial charge in [0.1, 0.15) is 5.69 Å². The molecule has 2 heterocycles. The van der Waals surface area contributed by atoms with Crippen molar-refractivity contribution in [1.82, 2.24) is 4.98 Å². The highest BCUT2D eigenvalue weighted by Gasteiger charge is 2.22. The number of benzene rings is 2. The number of rotatable bonds is 1. The second kappa shape index (κ2) is 4.48. The molecule has 3 nitrogen and oxygen atoms in total. The molecule has 104 valence electrons. The fourth-order valence-electron chi connectivity index (χ4n) is 3.16. The number of hydrogen-bond donors (Lipinski definition) is 1. The number of aromatic amines is 1. The number of para-hydroxylation sites is 2. The average molecular weight is 276 g/mol. The van der Waals surface area contributed by atoms with E-state index in [1.807, 2.05) is 37.3 Å². The number of aromatic nitrogens is 1. The number of fused-ring (bicyclic) bond motifs is 2. The van der Waals surface area contributed by atoms with Crippen molar-refractivity contribution in [3.8, 4) is 0 Å². The molecule has 0 fully saturated rings. The van der Waals surface area contributed by atoms with E-state index in [1.54, 1.807) is 0 Å². The Bertz CT molecular complexity index is 895. The predicted molar refractivity (Wildman–Crippen MR) is 86.5 cm³/mol. The zero-order chi connectivity index (χ0) is 14.4. The summed E-state index contributed by atoms with van der Waals surface area (Å²) in [6.07, 6.45) is 0.988. The van der Waals surface area contributed by atoms with Gasteiger partial charge in [0.15, 0.2) is 0 Å². The molecule has 0 atom stereocenters. The average Bonchev–Trinajstić information content (AvgIpc) is 2.92. The van der Waals surface area contributed by atoms with Gasteiger partial charge >= 0.3 is 0 Å². The van der Waals surface area contributed by atoms with Gasteiger partial charge in [-0.1, -0.05) is 36.4 Å². The summed E-state index contributed by atoms with van der Waals surface area (Å²) < 4.78 is 0. The van der Waals surface area contributed by atoms with Crippen molar-refractivity contribution in [3.05, 3.63) is 70.0 Å². The van der Waals surface area contributed by atoms with Crippen LogP contribution >= 0.6 is 0 Å². The first-order valence-electron chi connectivity index (χ1n) is 7.22. The first-order chi connectivity index (χ1) is 10.2. The van der Waals surface area contributed by atoms with E-state index in [0.717, 1.165) is 40.8 Å². The van der Waals surface area contributed by atoms with Crippen LogP contribution in [0.2, 0.25) is 0 Å². The van der Waals surface area contributed by atoms with Crippen molar-refractivity contribution in [2.24, 2.45) is 0 Å². The third-order valence-electron chi connectivity index (χ3n) is 4.25. The number of nitrogens with one attached hydrogen (secondary N) is 1. The predicted octanol–water partition coefficient (Wildman–Crippen LogP) is 3.53. The molecular formula is C18H16N2O. The monoisotopic (exact) mass is 276 g/mol. The van der Waals surface area contributed by atoms with E-state index in [-0.39, 0.29) is 5.56 Å². The molecule has 4 rings (SSSR count). The second-order valence-electron chi connectivity index (χ2n) is 5.55. The molecule has 1 N–H and O–H groups in total. The highest BCUT2D eigenvalue weighted by atomic mass is 16.1. The van der Waals surface area contributed by atoms with Gasteiger partial charge < -0.3 is 9.88 Å². The number of nitrogens with zero attached hydrogens (tertiary/aromatic N) is 1. The maximum absolute atomic E-state index is 12.5. The van der Waals surface area contributed by atoms with Crippen LogP contribution in [0.5, 0.6) is 0 Å². The minimum absolute atomic E-state index is 0.0199. The van der Waals surface area contributed by atoms with Crippen LogP contribution in [0.25, 0.3) is 10.9 Å². The van der Waals surface area contributed by atoms with Crippen LogP contribution in [0.1, 0.15) is 11.1 Å². The summed E-state index contributed by atoms with van der Waals surface area (Å²) >= 11 is 0. The largest absolute Gasteiger partial charge is 0.336 e. The Kier molecular flexibility index (Phi) is 2.61. The fourth-order valence-corrected chi connectivity index (χ4v) is 3.16. The molecular weight excluding hydrogens is 260 g/mol. The lowest BCUT2D eigenvalue weighted by Gasteiger charge is -2.19. The van der Waals surface area contributed by atoms with Gasteiger partial charge in [-0.15, -0.1) is 0 Å². The van der Waals surface area contributed by atoms with E-state index in [1.165, 1.54) is 5.56 Å². The molecule has 1 aromatic heterocycles. The van der Waals surface area contributed by atoms with Crippen molar-refractivity contribution in [2.75, 3.05) is 11.4 Å². The molecule has 0 saturated carbocycles. The summed E-state index contributed by atoms with van der Waals surface area (Å²) in [6, 6.07) is 16.4. The van der Waals surface area contributed by atoms with Crippen LogP contribution in [0.15, 0.2) is 53.3 Å². The van der Waals surface area contributed by atoms with E-state index in [2.05, 4.69) is 28.1 Å². The smallest absolute Gasteiger partial charge is 0.272 e. The summed E-state index contributed by atoms with van der Waals surface area (Å²) in [5.74, 6) is 0. The fraction of sp³-hybridized carbons (Fsp3) is 0.167. The summed E-state index contributed by atoms with van der Waals surface area (Å²) in [5, 5.41) is 1.08. The van der Waals surface area contributed by atoms with E-state index < -0.39 is 0 Å². The standard InChI is InChI=1S/C18H16N2O/c1-12-5-4-7-14-11-16(18(21)19-17(12)14)20-10-9-13-6-2-3-8-15(13)20/h2-8,11H,9-10H2,1H3,(H,19,21). The van der Waals surface area contributed by atoms with Crippen molar-refractivity contribution < 1.29 is 0 Å². The van der Waals surface area contributed by atoms with Crippen LogP contribution in [0, 0.1) is 6.92 Å². The van der Waals surface area contributed by atoms with Crippen molar-refractivity contribution >= 4 is 22.3 Å². The summed E-state index contributed by atoms with van der Waals surface area (Å²) in [4.78, 5) is 17.6. The molecule has 0 saturated heterocycles. The van der Waals surface area contributed by atoms with Gasteiger partial charge in [0, 0.05) is 17.6 Å². The summed E-state index contributed by atoms with van der Waals surface area (Å²) in [7, 11) is 0. The maximum Gasteiger partial charge on any atom is 0.272 e. The lowest BCUT2D eigenvalue weighted by atomic mass is 10.1. The molecule has 1 aliphatic heterocycles. The van der Waals surface area contributed by atoms with E-state index >= 15 is 0 Å². The second-order valence-corrected chi connectivity index (χ2v) is 5.55. The lowest BCUT2D eigenvalue weighted by molar-refractivity contribution is 0.987.